The number of anilines is 2. The number of benzene rings is 2. The van der Waals surface area contributed by atoms with Gasteiger partial charge in [0.15, 0.2) is 17.5 Å². The lowest BCUT2D eigenvalue weighted by molar-refractivity contribution is -0.140. The fraction of sp³-hybridized carbons (Fsp3) is 0.467. The van der Waals surface area contributed by atoms with Crippen LogP contribution in [-0.4, -0.2) is 68.3 Å². The summed E-state index contributed by atoms with van der Waals surface area (Å²) < 4.78 is 45.6. The second-order valence-corrected chi connectivity index (χ2v) is 10.8. The van der Waals surface area contributed by atoms with Crippen LogP contribution in [0.1, 0.15) is 37.7 Å². The van der Waals surface area contributed by atoms with Crippen molar-refractivity contribution in [2.75, 3.05) is 57.6 Å². The van der Waals surface area contributed by atoms with Gasteiger partial charge in [-0.15, -0.1) is 0 Å². The molecule has 1 aromatic heterocycles. The zero-order chi connectivity index (χ0) is 28.9. The molecule has 3 aromatic rings. The number of aryl methyl sites for hydroxylation is 1. The number of piperidine rings is 1. The summed E-state index contributed by atoms with van der Waals surface area (Å²) in [6, 6.07) is 7.75. The van der Waals surface area contributed by atoms with E-state index in [1.165, 1.54) is 5.56 Å². The lowest BCUT2D eigenvalue weighted by Crippen LogP contribution is -2.43. The number of pyridine rings is 1. The van der Waals surface area contributed by atoms with Gasteiger partial charge in [0.1, 0.15) is 5.75 Å². The summed E-state index contributed by atoms with van der Waals surface area (Å²) in [5.74, 6) is -3.95. The van der Waals surface area contributed by atoms with Crippen molar-refractivity contribution in [2.24, 2.45) is 5.41 Å². The fourth-order valence-corrected chi connectivity index (χ4v) is 5.73. The Bertz CT molecular complexity index is 1320. The third kappa shape index (κ3) is 6.96. The summed E-state index contributed by atoms with van der Waals surface area (Å²) >= 11 is 0. The van der Waals surface area contributed by atoms with Crippen molar-refractivity contribution in [3.8, 4) is 5.75 Å². The van der Waals surface area contributed by atoms with Crippen molar-refractivity contribution in [2.45, 2.75) is 38.5 Å². The number of likely N-dealkylation sites (tertiary alicyclic amines) is 1. The number of hydrogen-bond donors (Lipinski definition) is 2. The average molecular weight is 559 g/mol. The van der Waals surface area contributed by atoms with Crippen LogP contribution in [0.2, 0.25) is 0 Å². The van der Waals surface area contributed by atoms with Crippen molar-refractivity contribution in [3.63, 3.8) is 0 Å². The van der Waals surface area contributed by atoms with E-state index in [1.807, 2.05) is 38.5 Å². The summed E-state index contributed by atoms with van der Waals surface area (Å²) in [7, 11) is 5.63. The van der Waals surface area contributed by atoms with Crippen LogP contribution in [0.5, 0.6) is 5.75 Å². The Morgan fingerprint density at radius 3 is 2.48 bits per heavy atom. The predicted octanol–water partition coefficient (Wildman–Crippen LogP) is 5.72. The molecule has 0 radical (unpaired) electrons. The van der Waals surface area contributed by atoms with Crippen LogP contribution < -0.4 is 15.0 Å². The first kappa shape index (κ1) is 29.5. The van der Waals surface area contributed by atoms with Gasteiger partial charge in [-0.25, -0.2) is 13.2 Å². The highest BCUT2D eigenvalue weighted by molar-refractivity contribution is 5.88. The van der Waals surface area contributed by atoms with Crippen LogP contribution in [0.3, 0.4) is 0 Å². The third-order valence-electron chi connectivity index (χ3n) is 7.96. The number of carboxylic acids is 1. The molecule has 2 aromatic carbocycles. The molecule has 7 nitrogen and oxygen atoms in total. The Balaban J connectivity index is 1.38. The van der Waals surface area contributed by atoms with Crippen LogP contribution in [0.15, 0.2) is 36.5 Å². The van der Waals surface area contributed by atoms with E-state index in [-0.39, 0.29) is 17.5 Å². The van der Waals surface area contributed by atoms with Crippen LogP contribution in [0.25, 0.3) is 10.9 Å². The van der Waals surface area contributed by atoms with Crippen molar-refractivity contribution in [3.05, 3.63) is 59.5 Å². The molecule has 4 rings (SSSR count). The molecule has 1 aliphatic heterocycles. The van der Waals surface area contributed by atoms with E-state index >= 15 is 0 Å². The molecule has 0 aliphatic carbocycles. The summed E-state index contributed by atoms with van der Waals surface area (Å²) in [6.07, 6.45) is 5.94. The highest BCUT2D eigenvalue weighted by Gasteiger charge is 2.36. The highest BCUT2D eigenvalue weighted by atomic mass is 19.2. The first-order valence-electron chi connectivity index (χ1n) is 13.6. The molecule has 0 spiro atoms. The minimum Gasteiger partial charge on any atom is -0.497 e. The van der Waals surface area contributed by atoms with E-state index in [9.17, 15) is 23.1 Å². The maximum absolute atomic E-state index is 13.5. The molecule has 0 unspecified atom stereocenters. The van der Waals surface area contributed by atoms with Crippen molar-refractivity contribution < 1.29 is 27.8 Å². The lowest BCUT2D eigenvalue weighted by atomic mass is 9.72. The molecule has 2 heterocycles. The molecule has 0 atom stereocenters. The molecule has 40 heavy (non-hydrogen) atoms. The summed E-state index contributed by atoms with van der Waals surface area (Å²) in [6.45, 7) is 2.53. The zero-order valence-corrected chi connectivity index (χ0v) is 23.3. The Kier molecular flexibility index (Phi) is 9.40. The number of halogens is 3. The summed E-state index contributed by atoms with van der Waals surface area (Å²) in [5.41, 5.74) is 3.01. The van der Waals surface area contributed by atoms with Gasteiger partial charge in [-0.1, -0.05) is 0 Å². The summed E-state index contributed by atoms with van der Waals surface area (Å²) in [4.78, 5) is 20.7. The van der Waals surface area contributed by atoms with E-state index in [2.05, 4.69) is 20.1 Å². The van der Waals surface area contributed by atoms with Crippen LogP contribution in [-0.2, 0) is 11.2 Å². The van der Waals surface area contributed by atoms with Crippen molar-refractivity contribution in [1.29, 1.82) is 0 Å². The number of nitrogens with one attached hydrogen (secondary N) is 1. The number of nitrogens with zero attached hydrogens (tertiary/aromatic N) is 3. The number of fused-ring (bicyclic) bond motifs is 1. The SMILES string of the molecule is COc1ccc2ncc(N(C)C)c(CCCC3(CC(=O)O)CCN(CCNc4cc(F)c(F)c(F)c4)CC3)c2c1. The van der Waals surface area contributed by atoms with Gasteiger partial charge < -0.3 is 25.0 Å². The molecule has 1 aliphatic rings. The van der Waals surface area contributed by atoms with Gasteiger partial charge in [0.25, 0.3) is 0 Å². The number of aromatic nitrogens is 1. The quantitative estimate of drug-likeness (QED) is 0.276. The van der Waals surface area contributed by atoms with Crippen LogP contribution >= 0.6 is 0 Å². The number of carboxylic acid groups (broad SMARTS) is 1. The Hall–Kier alpha value is -3.53. The maximum Gasteiger partial charge on any atom is 0.303 e. The molecule has 10 heteroatoms. The predicted molar refractivity (Wildman–Crippen MR) is 151 cm³/mol. The van der Waals surface area contributed by atoms with Crippen molar-refractivity contribution >= 4 is 28.2 Å². The molecule has 2 N–H and O–H groups in total. The topological polar surface area (TPSA) is 77.9 Å². The molecule has 0 amide bonds. The minimum atomic E-state index is -1.48. The number of methoxy groups -OCH3 is 1. The number of aliphatic carboxylic acids is 1. The molecule has 0 saturated carbocycles. The van der Waals surface area contributed by atoms with Gasteiger partial charge in [-0.05, 0) is 74.4 Å². The first-order valence-corrected chi connectivity index (χ1v) is 13.6. The molecular formula is C30H37F3N4O3. The van der Waals surface area contributed by atoms with E-state index in [0.29, 0.717) is 13.1 Å². The van der Waals surface area contributed by atoms with E-state index in [1.54, 1.807) is 7.11 Å². The van der Waals surface area contributed by atoms with E-state index in [0.717, 1.165) is 79.7 Å². The normalized spacial score (nSPS) is 15.2. The summed E-state index contributed by atoms with van der Waals surface area (Å²) in [5, 5.41) is 13.7. The van der Waals surface area contributed by atoms with Gasteiger partial charge in [0, 0.05) is 50.4 Å². The highest BCUT2D eigenvalue weighted by Crippen LogP contribution is 2.41. The number of rotatable bonds is 12. The van der Waals surface area contributed by atoms with E-state index in [4.69, 9.17) is 4.74 Å². The lowest BCUT2D eigenvalue weighted by Gasteiger charge is -2.41. The van der Waals surface area contributed by atoms with Gasteiger partial charge in [-0.3, -0.25) is 9.78 Å². The van der Waals surface area contributed by atoms with Crippen LogP contribution in [0.4, 0.5) is 24.5 Å². The second-order valence-electron chi connectivity index (χ2n) is 10.8. The number of carbonyl (C=O) groups is 1. The largest absolute Gasteiger partial charge is 0.497 e. The number of ether oxygens (including phenoxy) is 1. The molecule has 0 bridgehead atoms. The Morgan fingerprint density at radius 2 is 1.85 bits per heavy atom. The van der Waals surface area contributed by atoms with Gasteiger partial charge >= 0.3 is 5.97 Å². The van der Waals surface area contributed by atoms with Gasteiger partial charge in [-0.2, -0.15) is 0 Å². The number of hydrogen-bond acceptors (Lipinski definition) is 6. The second kappa shape index (κ2) is 12.8. The standard InChI is InChI=1S/C30H37F3N4O3/c1-36(2)27-19-35-26-7-6-21(40-3)17-23(26)22(27)5-4-8-30(18-28(38)39)9-12-37(13-10-30)14-11-34-20-15-24(31)29(33)25(32)16-20/h6-7,15-17,19,34H,4-5,8-14,18H2,1-3H3,(H,38,39). The Morgan fingerprint density at radius 1 is 1.15 bits per heavy atom. The van der Waals surface area contributed by atoms with Crippen molar-refractivity contribution in [1.82, 2.24) is 9.88 Å². The molecular weight excluding hydrogens is 521 g/mol. The zero-order valence-electron chi connectivity index (χ0n) is 23.3. The first-order chi connectivity index (χ1) is 19.1. The van der Waals surface area contributed by atoms with Gasteiger partial charge in [0.2, 0.25) is 0 Å². The maximum atomic E-state index is 13.5. The smallest absolute Gasteiger partial charge is 0.303 e. The van der Waals surface area contributed by atoms with Crippen LogP contribution in [0, 0.1) is 22.9 Å². The minimum absolute atomic E-state index is 0.124. The van der Waals surface area contributed by atoms with E-state index < -0.39 is 23.4 Å². The monoisotopic (exact) mass is 558 g/mol. The van der Waals surface area contributed by atoms with Gasteiger partial charge in [0.05, 0.1) is 30.9 Å². The average Bonchev–Trinajstić information content (AvgIpc) is 2.92. The molecule has 1 fully saturated rings. The third-order valence-corrected chi connectivity index (χ3v) is 7.96. The molecule has 216 valence electrons. The fourth-order valence-electron chi connectivity index (χ4n) is 5.73. The molecule has 1 saturated heterocycles. The Labute approximate surface area is 232 Å².